The first-order valence-electron chi connectivity index (χ1n) is 6.78. The first kappa shape index (κ1) is 13.8. The van der Waals surface area contributed by atoms with Gasteiger partial charge >= 0.3 is 5.97 Å². The molecule has 2 aromatic rings. The monoisotopic (exact) mass is 297 g/mol. The van der Waals surface area contributed by atoms with Gasteiger partial charge in [-0.2, -0.15) is 11.3 Å². The van der Waals surface area contributed by atoms with Gasteiger partial charge in [0.15, 0.2) is 5.70 Å². The Morgan fingerprint density at radius 1 is 1.19 bits per heavy atom. The van der Waals surface area contributed by atoms with Crippen molar-refractivity contribution in [3.05, 3.63) is 63.5 Å². The van der Waals surface area contributed by atoms with E-state index in [0.29, 0.717) is 17.5 Å². The molecule has 0 unspecified atom stereocenters. The van der Waals surface area contributed by atoms with Crippen LogP contribution in [0.4, 0.5) is 0 Å². The molecule has 1 aliphatic rings. The van der Waals surface area contributed by atoms with Gasteiger partial charge in [0.05, 0.1) is 0 Å². The minimum absolute atomic E-state index is 0.344. The summed E-state index contributed by atoms with van der Waals surface area (Å²) in [4.78, 5) is 16.2. The van der Waals surface area contributed by atoms with Crippen LogP contribution >= 0.6 is 11.3 Å². The molecule has 1 aromatic carbocycles. The molecule has 0 saturated carbocycles. The van der Waals surface area contributed by atoms with E-state index < -0.39 is 5.97 Å². The van der Waals surface area contributed by atoms with Crippen molar-refractivity contribution in [2.45, 2.75) is 19.8 Å². The number of hydrogen-bond acceptors (Lipinski definition) is 4. The number of aliphatic imine (C=N–C) groups is 1. The van der Waals surface area contributed by atoms with Gasteiger partial charge in [-0.3, -0.25) is 0 Å². The van der Waals surface area contributed by atoms with Gasteiger partial charge in [-0.1, -0.05) is 26.0 Å². The molecular weight excluding hydrogens is 282 g/mol. The van der Waals surface area contributed by atoms with Gasteiger partial charge in [0.25, 0.3) is 0 Å². The Kier molecular flexibility index (Phi) is 3.71. The lowest BCUT2D eigenvalue weighted by molar-refractivity contribution is -0.129. The third-order valence-electron chi connectivity index (χ3n) is 3.29. The van der Waals surface area contributed by atoms with E-state index in [1.165, 1.54) is 5.56 Å². The van der Waals surface area contributed by atoms with Crippen LogP contribution in [-0.2, 0) is 9.53 Å². The SMILES string of the molecule is CC(C)c1ccc(C2=N/C(=C/c3ccsc3)C(=O)O2)cc1. The van der Waals surface area contributed by atoms with Crippen LogP contribution in [0, 0.1) is 0 Å². The van der Waals surface area contributed by atoms with E-state index >= 15 is 0 Å². The Morgan fingerprint density at radius 3 is 2.57 bits per heavy atom. The number of carbonyl (C=O) groups is 1. The number of ether oxygens (including phenoxy) is 1. The van der Waals surface area contributed by atoms with Crippen molar-refractivity contribution < 1.29 is 9.53 Å². The molecule has 0 amide bonds. The summed E-state index contributed by atoms with van der Waals surface area (Å²) < 4.78 is 5.26. The molecule has 0 N–H and O–H groups in total. The fourth-order valence-electron chi connectivity index (χ4n) is 2.06. The van der Waals surface area contributed by atoms with Crippen LogP contribution in [0.15, 0.2) is 51.8 Å². The summed E-state index contributed by atoms with van der Waals surface area (Å²) in [6.07, 6.45) is 1.74. The van der Waals surface area contributed by atoms with Gasteiger partial charge in [0.2, 0.25) is 5.90 Å². The normalized spacial score (nSPS) is 16.4. The Balaban J connectivity index is 1.88. The number of cyclic esters (lactones) is 1. The summed E-state index contributed by atoms with van der Waals surface area (Å²) in [5, 5.41) is 3.92. The smallest absolute Gasteiger partial charge is 0.363 e. The number of benzene rings is 1. The van der Waals surface area contributed by atoms with Crippen LogP contribution in [0.3, 0.4) is 0 Å². The Bertz CT molecular complexity index is 710. The van der Waals surface area contributed by atoms with Gasteiger partial charge < -0.3 is 4.74 Å². The number of carbonyl (C=O) groups excluding carboxylic acids is 1. The maximum Gasteiger partial charge on any atom is 0.363 e. The minimum atomic E-state index is -0.399. The summed E-state index contributed by atoms with van der Waals surface area (Å²) in [7, 11) is 0. The Hall–Kier alpha value is -2.20. The molecule has 0 bridgehead atoms. The number of hydrogen-bond donors (Lipinski definition) is 0. The highest BCUT2D eigenvalue weighted by atomic mass is 32.1. The minimum Gasteiger partial charge on any atom is -0.402 e. The zero-order chi connectivity index (χ0) is 14.8. The maximum atomic E-state index is 11.9. The molecule has 0 saturated heterocycles. The molecule has 106 valence electrons. The predicted molar refractivity (Wildman–Crippen MR) is 85.5 cm³/mol. The van der Waals surface area contributed by atoms with Crippen molar-refractivity contribution in [2.75, 3.05) is 0 Å². The molecule has 3 rings (SSSR count). The summed E-state index contributed by atoms with van der Waals surface area (Å²) in [6.45, 7) is 4.29. The van der Waals surface area contributed by atoms with E-state index in [-0.39, 0.29) is 0 Å². The van der Waals surface area contributed by atoms with E-state index in [1.807, 2.05) is 41.1 Å². The standard InChI is InChI=1S/C17H15NO2S/c1-11(2)13-3-5-14(6-4-13)16-18-15(17(19)20-16)9-12-7-8-21-10-12/h3-11H,1-2H3/b15-9+. The second kappa shape index (κ2) is 5.66. The van der Waals surface area contributed by atoms with Crippen molar-refractivity contribution in [3.8, 4) is 0 Å². The second-order valence-electron chi connectivity index (χ2n) is 5.17. The van der Waals surface area contributed by atoms with E-state index in [1.54, 1.807) is 17.4 Å². The molecule has 2 heterocycles. The van der Waals surface area contributed by atoms with Crippen molar-refractivity contribution in [1.82, 2.24) is 0 Å². The fourth-order valence-corrected chi connectivity index (χ4v) is 2.68. The van der Waals surface area contributed by atoms with Crippen molar-refractivity contribution in [1.29, 1.82) is 0 Å². The molecule has 0 atom stereocenters. The first-order valence-corrected chi connectivity index (χ1v) is 7.73. The quantitative estimate of drug-likeness (QED) is 0.628. The van der Waals surface area contributed by atoms with Gasteiger partial charge in [-0.05, 0) is 52.1 Å². The molecule has 4 heteroatoms. The highest BCUT2D eigenvalue weighted by molar-refractivity contribution is 7.08. The highest BCUT2D eigenvalue weighted by Crippen LogP contribution is 2.21. The Labute approximate surface area is 127 Å². The lowest BCUT2D eigenvalue weighted by atomic mass is 10.0. The lowest BCUT2D eigenvalue weighted by Gasteiger charge is -2.05. The van der Waals surface area contributed by atoms with Gasteiger partial charge in [-0.25, -0.2) is 9.79 Å². The van der Waals surface area contributed by atoms with Gasteiger partial charge in [0, 0.05) is 5.56 Å². The zero-order valence-electron chi connectivity index (χ0n) is 11.9. The van der Waals surface area contributed by atoms with Crippen LogP contribution in [0.25, 0.3) is 6.08 Å². The molecule has 3 nitrogen and oxygen atoms in total. The van der Waals surface area contributed by atoms with Crippen molar-refractivity contribution in [2.24, 2.45) is 4.99 Å². The number of esters is 1. The van der Waals surface area contributed by atoms with Gasteiger partial charge in [-0.15, -0.1) is 0 Å². The van der Waals surface area contributed by atoms with Crippen LogP contribution in [-0.4, -0.2) is 11.9 Å². The molecule has 0 fully saturated rings. The molecule has 1 aromatic heterocycles. The summed E-state index contributed by atoms with van der Waals surface area (Å²) in [5.41, 5.74) is 3.38. The highest BCUT2D eigenvalue weighted by Gasteiger charge is 2.24. The zero-order valence-corrected chi connectivity index (χ0v) is 12.7. The van der Waals surface area contributed by atoms with Crippen molar-refractivity contribution in [3.63, 3.8) is 0 Å². The van der Waals surface area contributed by atoms with Gasteiger partial charge in [0.1, 0.15) is 0 Å². The van der Waals surface area contributed by atoms with E-state index in [0.717, 1.165) is 11.1 Å². The summed E-state index contributed by atoms with van der Waals surface area (Å²) in [5.74, 6) is 0.446. The number of thiophene rings is 1. The number of rotatable bonds is 3. The maximum absolute atomic E-state index is 11.9. The predicted octanol–water partition coefficient (Wildman–Crippen LogP) is 4.22. The molecular formula is C17H15NO2S. The van der Waals surface area contributed by atoms with E-state index in [4.69, 9.17) is 4.74 Å². The van der Waals surface area contributed by atoms with Crippen LogP contribution < -0.4 is 0 Å². The van der Waals surface area contributed by atoms with Crippen LogP contribution in [0.1, 0.15) is 36.5 Å². The summed E-state index contributed by atoms with van der Waals surface area (Å²) >= 11 is 1.58. The average molecular weight is 297 g/mol. The van der Waals surface area contributed by atoms with Crippen LogP contribution in [0.5, 0.6) is 0 Å². The fraction of sp³-hybridized carbons (Fsp3) is 0.176. The lowest BCUT2D eigenvalue weighted by Crippen LogP contribution is -2.05. The van der Waals surface area contributed by atoms with E-state index in [2.05, 4.69) is 18.8 Å². The molecule has 0 aliphatic carbocycles. The molecule has 1 aliphatic heterocycles. The topological polar surface area (TPSA) is 38.7 Å². The first-order chi connectivity index (χ1) is 10.1. The third kappa shape index (κ3) is 2.95. The molecule has 0 spiro atoms. The van der Waals surface area contributed by atoms with Crippen molar-refractivity contribution >= 4 is 29.3 Å². The number of nitrogens with zero attached hydrogens (tertiary/aromatic N) is 1. The van der Waals surface area contributed by atoms with Crippen LogP contribution in [0.2, 0.25) is 0 Å². The second-order valence-corrected chi connectivity index (χ2v) is 5.95. The third-order valence-corrected chi connectivity index (χ3v) is 3.99. The molecule has 21 heavy (non-hydrogen) atoms. The summed E-state index contributed by atoms with van der Waals surface area (Å²) in [6, 6.07) is 9.90. The average Bonchev–Trinajstić information content (AvgIpc) is 3.10. The molecule has 0 radical (unpaired) electrons. The Morgan fingerprint density at radius 2 is 1.95 bits per heavy atom. The largest absolute Gasteiger partial charge is 0.402 e. The van der Waals surface area contributed by atoms with E-state index in [9.17, 15) is 4.79 Å².